The van der Waals surface area contributed by atoms with Crippen molar-refractivity contribution in [2.24, 2.45) is 0 Å². The van der Waals surface area contributed by atoms with E-state index in [0.717, 1.165) is 0 Å². The minimum absolute atomic E-state index is 0.0364. The molecule has 27 heavy (non-hydrogen) atoms. The Balaban J connectivity index is 2.46. The number of carbonyl (C=O) groups is 1. The van der Waals surface area contributed by atoms with E-state index in [0.29, 0.717) is 16.9 Å². The van der Waals surface area contributed by atoms with Crippen molar-refractivity contribution in [1.82, 2.24) is 4.57 Å². The number of halogens is 1. The van der Waals surface area contributed by atoms with Crippen LogP contribution in [-0.2, 0) is 4.74 Å². The zero-order valence-electron chi connectivity index (χ0n) is 15.0. The molecule has 1 heterocycles. The number of aromatic nitrogens is 1. The van der Waals surface area contributed by atoms with Crippen LogP contribution in [0, 0.1) is 22.9 Å². The number of esters is 1. The van der Waals surface area contributed by atoms with E-state index in [1.54, 1.807) is 24.5 Å². The second-order valence-corrected chi connectivity index (χ2v) is 5.76. The molecular weight excluding hydrogens is 355 g/mol. The van der Waals surface area contributed by atoms with Crippen LogP contribution in [0.4, 0.5) is 10.1 Å². The first-order chi connectivity index (χ1) is 12.9. The molecule has 0 bridgehead atoms. The van der Waals surface area contributed by atoms with Crippen molar-refractivity contribution in [1.29, 1.82) is 0 Å². The van der Waals surface area contributed by atoms with Gasteiger partial charge in [0.1, 0.15) is 5.82 Å². The van der Waals surface area contributed by atoms with Crippen LogP contribution in [0.15, 0.2) is 36.4 Å². The minimum Gasteiger partial charge on any atom is -0.490 e. The number of nitro groups is 1. The maximum atomic E-state index is 13.3. The van der Waals surface area contributed by atoms with Crippen LogP contribution in [0.5, 0.6) is 5.75 Å². The Kier molecular flexibility index (Phi) is 4.81. The third-order valence-electron chi connectivity index (χ3n) is 4.27. The molecule has 0 N–H and O–H groups in total. The van der Waals surface area contributed by atoms with Gasteiger partial charge in [-0.3, -0.25) is 10.1 Å². The van der Waals surface area contributed by atoms with E-state index < -0.39 is 16.7 Å². The Morgan fingerprint density at radius 2 is 1.89 bits per heavy atom. The predicted molar refractivity (Wildman–Crippen MR) is 97.1 cm³/mol. The topological polar surface area (TPSA) is 83.6 Å². The Morgan fingerprint density at radius 3 is 2.44 bits per heavy atom. The van der Waals surface area contributed by atoms with E-state index in [2.05, 4.69) is 0 Å². The Labute approximate surface area is 154 Å². The molecule has 0 atom stereocenters. The molecule has 3 aromatic rings. The van der Waals surface area contributed by atoms with Gasteiger partial charge in [0.2, 0.25) is 0 Å². The number of fused-ring (bicyclic) bond motifs is 1. The Morgan fingerprint density at radius 1 is 1.22 bits per heavy atom. The summed E-state index contributed by atoms with van der Waals surface area (Å²) >= 11 is 0. The molecule has 7 nitrogen and oxygen atoms in total. The summed E-state index contributed by atoms with van der Waals surface area (Å²) in [6, 6.07) is 8.72. The highest BCUT2D eigenvalue weighted by molar-refractivity contribution is 6.11. The van der Waals surface area contributed by atoms with E-state index >= 15 is 0 Å². The van der Waals surface area contributed by atoms with Gasteiger partial charge in [-0.15, -0.1) is 0 Å². The number of rotatable bonds is 5. The predicted octanol–water partition coefficient (Wildman–Crippen LogP) is 4.17. The van der Waals surface area contributed by atoms with E-state index in [9.17, 15) is 19.3 Å². The molecule has 0 aliphatic heterocycles. The highest BCUT2D eigenvalue weighted by atomic mass is 19.1. The largest absolute Gasteiger partial charge is 0.490 e. The third kappa shape index (κ3) is 2.99. The fraction of sp³-hybridized carbons (Fsp3) is 0.211. The summed E-state index contributed by atoms with van der Waals surface area (Å²) in [4.78, 5) is 23.8. The monoisotopic (exact) mass is 372 g/mol. The summed E-state index contributed by atoms with van der Waals surface area (Å²) in [6.45, 7) is 3.44. The summed E-state index contributed by atoms with van der Waals surface area (Å²) in [6.07, 6.45) is 0. The van der Waals surface area contributed by atoms with Gasteiger partial charge in [-0.25, -0.2) is 9.18 Å². The number of carbonyl (C=O) groups excluding carboxylic acids is 1. The van der Waals surface area contributed by atoms with Crippen molar-refractivity contribution >= 4 is 22.6 Å². The molecule has 0 radical (unpaired) electrons. The van der Waals surface area contributed by atoms with Crippen LogP contribution in [0.25, 0.3) is 16.6 Å². The minimum atomic E-state index is -0.669. The number of hydrogen-bond acceptors (Lipinski definition) is 5. The lowest BCUT2D eigenvalue weighted by Gasteiger charge is -2.09. The first-order valence-electron chi connectivity index (χ1n) is 8.20. The second kappa shape index (κ2) is 7.06. The molecule has 0 saturated carbocycles. The number of hydrogen-bond donors (Lipinski definition) is 0. The maximum Gasteiger partial charge on any atom is 0.340 e. The molecule has 0 spiro atoms. The summed E-state index contributed by atoms with van der Waals surface area (Å²) < 4.78 is 25.2. The van der Waals surface area contributed by atoms with Gasteiger partial charge >= 0.3 is 11.7 Å². The summed E-state index contributed by atoms with van der Waals surface area (Å²) in [7, 11) is 1.32. The molecule has 3 rings (SSSR count). The first kappa shape index (κ1) is 18.4. The number of benzene rings is 2. The van der Waals surface area contributed by atoms with Gasteiger partial charge in [-0.05, 0) is 50.2 Å². The lowest BCUT2D eigenvalue weighted by atomic mass is 10.1. The van der Waals surface area contributed by atoms with E-state index in [4.69, 9.17) is 9.47 Å². The number of ether oxygens (including phenoxy) is 2. The second-order valence-electron chi connectivity index (χ2n) is 5.76. The first-order valence-corrected chi connectivity index (χ1v) is 8.20. The van der Waals surface area contributed by atoms with Gasteiger partial charge < -0.3 is 14.0 Å². The fourth-order valence-electron chi connectivity index (χ4n) is 3.19. The van der Waals surface area contributed by atoms with Gasteiger partial charge in [-0.1, -0.05) is 0 Å². The standard InChI is InChI=1S/C19H17FN2O5/c1-4-27-19(23)16-11(2)21(13-7-5-12(20)6-8-13)14-9-10-15(26-3)18(17(14)16)22(24)25/h5-10H,4H2,1-3H3. The van der Waals surface area contributed by atoms with Crippen molar-refractivity contribution < 1.29 is 23.6 Å². The van der Waals surface area contributed by atoms with Gasteiger partial charge in [0.15, 0.2) is 5.75 Å². The molecule has 0 amide bonds. The van der Waals surface area contributed by atoms with Crippen LogP contribution in [0.1, 0.15) is 23.0 Å². The Hall–Kier alpha value is -3.42. The maximum absolute atomic E-state index is 13.3. The van der Waals surface area contributed by atoms with Crippen molar-refractivity contribution in [3.05, 3.63) is 63.6 Å². The number of nitrogens with zero attached hydrogens (tertiary/aromatic N) is 2. The summed E-state index contributed by atoms with van der Waals surface area (Å²) in [5.41, 5.74) is 1.21. The highest BCUT2D eigenvalue weighted by Crippen LogP contribution is 2.41. The molecule has 0 aliphatic carbocycles. The molecule has 0 saturated heterocycles. The van der Waals surface area contributed by atoms with Crippen LogP contribution in [-0.4, -0.2) is 29.2 Å². The quantitative estimate of drug-likeness (QED) is 0.381. The number of nitro benzene ring substituents is 1. The van der Waals surface area contributed by atoms with Crippen molar-refractivity contribution in [3.63, 3.8) is 0 Å². The smallest absolute Gasteiger partial charge is 0.340 e. The summed E-state index contributed by atoms with van der Waals surface area (Å²) in [5.74, 6) is -1.04. The fourth-order valence-corrected chi connectivity index (χ4v) is 3.19. The third-order valence-corrected chi connectivity index (χ3v) is 4.27. The average Bonchev–Trinajstić information content (AvgIpc) is 2.93. The van der Waals surface area contributed by atoms with Crippen LogP contribution < -0.4 is 4.74 Å². The van der Waals surface area contributed by atoms with E-state index in [1.807, 2.05) is 0 Å². The molecule has 2 aromatic carbocycles. The van der Waals surface area contributed by atoms with Gasteiger partial charge in [0, 0.05) is 11.4 Å². The molecule has 0 unspecified atom stereocenters. The molecule has 140 valence electrons. The molecular formula is C19H17FN2O5. The van der Waals surface area contributed by atoms with E-state index in [1.165, 1.54) is 37.4 Å². The normalized spacial score (nSPS) is 10.8. The van der Waals surface area contributed by atoms with Gasteiger partial charge in [0.05, 0.1) is 35.1 Å². The lowest BCUT2D eigenvalue weighted by molar-refractivity contribution is -0.384. The summed E-state index contributed by atoms with van der Waals surface area (Å²) in [5, 5.41) is 11.9. The molecule has 0 fully saturated rings. The zero-order chi connectivity index (χ0) is 19.7. The van der Waals surface area contributed by atoms with Crippen molar-refractivity contribution in [3.8, 4) is 11.4 Å². The number of methoxy groups -OCH3 is 1. The molecule has 1 aromatic heterocycles. The average molecular weight is 372 g/mol. The molecule has 0 aliphatic rings. The van der Waals surface area contributed by atoms with Gasteiger partial charge in [-0.2, -0.15) is 0 Å². The Bertz CT molecular complexity index is 1040. The highest BCUT2D eigenvalue weighted by Gasteiger charge is 2.31. The van der Waals surface area contributed by atoms with Crippen LogP contribution >= 0.6 is 0 Å². The van der Waals surface area contributed by atoms with Crippen LogP contribution in [0.2, 0.25) is 0 Å². The van der Waals surface area contributed by atoms with Crippen LogP contribution in [0.3, 0.4) is 0 Å². The van der Waals surface area contributed by atoms with Crippen molar-refractivity contribution in [2.75, 3.05) is 13.7 Å². The molecule has 8 heteroatoms. The van der Waals surface area contributed by atoms with E-state index in [-0.39, 0.29) is 29.0 Å². The zero-order valence-corrected chi connectivity index (χ0v) is 15.0. The SMILES string of the molecule is CCOC(=O)c1c(C)n(-c2ccc(F)cc2)c2ccc(OC)c([N+](=O)[O-])c12. The van der Waals surface area contributed by atoms with Crippen molar-refractivity contribution in [2.45, 2.75) is 13.8 Å². The lowest BCUT2D eigenvalue weighted by Crippen LogP contribution is -2.07. The van der Waals surface area contributed by atoms with Gasteiger partial charge in [0.25, 0.3) is 0 Å².